The fourth-order valence-corrected chi connectivity index (χ4v) is 2.63. The summed E-state index contributed by atoms with van der Waals surface area (Å²) in [6.45, 7) is 5.14. The molecule has 2 rings (SSSR count). The van der Waals surface area contributed by atoms with Gasteiger partial charge in [-0.1, -0.05) is 12.5 Å². The van der Waals surface area contributed by atoms with Gasteiger partial charge in [0.05, 0.1) is 5.69 Å². The van der Waals surface area contributed by atoms with Gasteiger partial charge in [0.1, 0.15) is 0 Å². The van der Waals surface area contributed by atoms with Crippen LogP contribution in [-0.4, -0.2) is 53.4 Å². The summed E-state index contributed by atoms with van der Waals surface area (Å²) in [5, 5.41) is 0. The summed E-state index contributed by atoms with van der Waals surface area (Å²) in [6.07, 6.45) is 5.54. The van der Waals surface area contributed by atoms with E-state index in [-0.39, 0.29) is 0 Å². The van der Waals surface area contributed by atoms with Gasteiger partial charge >= 0.3 is 0 Å². The average molecular weight is 290 g/mol. The van der Waals surface area contributed by atoms with Crippen molar-refractivity contribution in [3.8, 4) is 0 Å². The van der Waals surface area contributed by atoms with Crippen LogP contribution in [0.25, 0.3) is 0 Å². The van der Waals surface area contributed by atoms with Gasteiger partial charge < -0.3 is 10.6 Å². The van der Waals surface area contributed by atoms with Gasteiger partial charge in [-0.15, -0.1) is 0 Å². The second-order valence-electron chi connectivity index (χ2n) is 5.58. The molecule has 1 aromatic rings. The minimum absolute atomic E-state index is 0.296. The average Bonchev–Trinajstić information content (AvgIpc) is 2.53. The Bertz CT molecular complexity index is 416. The van der Waals surface area contributed by atoms with E-state index in [0.29, 0.717) is 12.3 Å². The molecule has 0 spiro atoms. The number of pyridine rings is 1. The number of piperazine rings is 1. The number of hydrogen-bond acceptors (Lipinski definition) is 4. The highest BCUT2D eigenvalue weighted by atomic mass is 16.2. The molecule has 1 aromatic heterocycles. The summed E-state index contributed by atoms with van der Waals surface area (Å²) in [5.74, 6) is 0.296. The van der Waals surface area contributed by atoms with Crippen molar-refractivity contribution in [2.24, 2.45) is 5.73 Å². The fourth-order valence-electron chi connectivity index (χ4n) is 2.63. The van der Waals surface area contributed by atoms with Crippen molar-refractivity contribution in [1.82, 2.24) is 14.8 Å². The summed E-state index contributed by atoms with van der Waals surface area (Å²) in [5.41, 5.74) is 6.56. The second kappa shape index (κ2) is 8.74. The maximum Gasteiger partial charge on any atom is 0.222 e. The van der Waals surface area contributed by atoms with Crippen LogP contribution in [0.15, 0.2) is 24.4 Å². The lowest BCUT2D eigenvalue weighted by Crippen LogP contribution is -2.48. The molecule has 1 aliphatic heterocycles. The molecule has 0 radical (unpaired) electrons. The number of unbranched alkanes of at least 4 members (excludes halogenated alkanes) is 2. The molecule has 0 aliphatic carbocycles. The minimum atomic E-state index is 0.296. The predicted molar refractivity (Wildman–Crippen MR) is 83.6 cm³/mol. The van der Waals surface area contributed by atoms with Gasteiger partial charge in [0, 0.05) is 45.3 Å². The first kappa shape index (κ1) is 15.9. The lowest BCUT2D eigenvalue weighted by atomic mass is 10.1. The molecule has 0 atom stereocenters. The van der Waals surface area contributed by atoms with Crippen molar-refractivity contribution < 1.29 is 4.79 Å². The monoisotopic (exact) mass is 290 g/mol. The summed E-state index contributed by atoms with van der Waals surface area (Å²) in [4.78, 5) is 20.8. The summed E-state index contributed by atoms with van der Waals surface area (Å²) in [7, 11) is 0. The van der Waals surface area contributed by atoms with E-state index in [1.165, 1.54) is 0 Å². The number of aromatic nitrogens is 1. The number of hydrogen-bond donors (Lipinski definition) is 1. The number of nitrogens with zero attached hydrogens (tertiary/aromatic N) is 3. The van der Waals surface area contributed by atoms with Crippen molar-refractivity contribution in [2.75, 3.05) is 32.7 Å². The highest BCUT2D eigenvalue weighted by Gasteiger charge is 2.20. The number of carbonyl (C=O) groups excluding carboxylic acids is 1. The highest BCUT2D eigenvalue weighted by molar-refractivity contribution is 5.76. The van der Waals surface area contributed by atoms with Crippen LogP contribution >= 0.6 is 0 Å². The molecule has 1 aliphatic rings. The number of carbonyl (C=O) groups is 1. The third-order valence-corrected chi connectivity index (χ3v) is 3.93. The van der Waals surface area contributed by atoms with Gasteiger partial charge in [0.15, 0.2) is 0 Å². The lowest BCUT2D eigenvalue weighted by molar-refractivity contribution is -0.133. The van der Waals surface area contributed by atoms with Crippen LogP contribution < -0.4 is 5.73 Å². The van der Waals surface area contributed by atoms with Crippen molar-refractivity contribution in [3.05, 3.63) is 30.1 Å². The molecule has 2 N–H and O–H groups in total. The van der Waals surface area contributed by atoms with Crippen LogP contribution in [0.3, 0.4) is 0 Å². The van der Waals surface area contributed by atoms with Crippen LogP contribution in [0.1, 0.15) is 31.4 Å². The Morgan fingerprint density at radius 2 is 1.95 bits per heavy atom. The maximum absolute atomic E-state index is 12.1. The van der Waals surface area contributed by atoms with E-state index in [0.717, 1.165) is 64.2 Å². The first-order valence-corrected chi connectivity index (χ1v) is 7.89. The Balaban J connectivity index is 1.67. The van der Waals surface area contributed by atoms with E-state index >= 15 is 0 Å². The third-order valence-electron chi connectivity index (χ3n) is 3.93. The SMILES string of the molecule is NCCCCCC(=O)N1CCN(Cc2ccccn2)CC1. The molecule has 1 saturated heterocycles. The van der Waals surface area contributed by atoms with Gasteiger partial charge in [0.2, 0.25) is 5.91 Å². The third kappa shape index (κ3) is 5.44. The molecule has 5 nitrogen and oxygen atoms in total. The van der Waals surface area contributed by atoms with Crippen molar-refractivity contribution in [2.45, 2.75) is 32.2 Å². The molecule has 1 amide bonds. The normalized spacial score (nSPS) is 16.1. The Kier molecular flexibility index (Phi) is 6.63. The van der Waals surface area contributed by atoms with E-state index in [9.17, 15) is 4.79 Å². The maximum atomic E-state index is 12.1. The van der Waals surface area contributed by atoms with Crippen LogP contribution in [0.4, 0.5) is 0 Å². The van der Waals surface area contributed by atoms with Gasteiger partial charge in [-0.3, -0.25) is 14.7 Å². The van der Waals surface area contributed by atoms with Gasteiger partial charge in [0.25, 0.3) is 0 Å². The Labute approximate surface area is 127 Å². The van der Waals surface area contributed by atoms with Crippen LogP contribution in [-0.2, 0) is 11.3 Å². The molecule has 0 saturated carbocycles. The smallest absolute Gasteiger partial charge is 0.222 e. The standard InChI is InChI=1S/C16H26N4O/c17-8-4-1-2-7-16(21)20-12-10-19(11-13-20)14-15-6-3-5-9-18-15/h3,5-6,9H,1-2,4,7-8,10-14,17H2. The van der Waals surface area contributed by atoms with Crippen molar-refractivity contribution >= 4 is 5.91 Å². The summed E-state index contributed by atoms with van der Waals surface area (Å²) in [6, 6.07) is 6.00. The molecule has 21 heavy (non-hydrogen) atoms. The number of rotatable bonds is 7. The predicted octanol–water partition coefficient (Wildman–Crippen LogP) is 1.24. The van der Waals surface area contributed by atoms with Crippen LogP contribution in [0.5, 0.6) is 0 Å². The van der Waals surface area contributed by atoms with Crippen LogP contribution in [0, 0.1) is 0 Å². The molecule has 2 heterocycles. The van der Waals surface area contributed by atoms with E-state index in [4.69, 9.17) is 5.73 Å². The topological polar surface area (TPSA) is 62.5 Å². The zero-order valence-electron chi connectivity index (χ0n) is 12.7. The number of nitrogens with two attached hydrogens (primary N) is 1. The molecular weight excluding hydrogens is 264 g/mol. The molecule has 116 valence electrons. The van der Waals surface area contributed by atoms with E-state index in [2.05, 4.69) is 16.0 Å². The molecule has 1 fully saturated rings. The van der Waals surface area contributed by atoms with Crippen molar-refractivity contribution in [1.29, 1.82) is 0 Å². The Morgan fingerprint density at radius 1 is 1.14 bits per heavy atom. The zero-order valence-corrected chi connectivity index (χ0v) is 12.7. The minimum Gasteiger partial charge on any atom is -0.340 e. The van der Waals surface area contributed by atoms with Crippen LogP contribution in [0.2, 0.25) is 0 Å². The Morgan fingerprint density at radius 3 is 2.62 bits per heavy atom. The highest BCUT2D eigenvalue weighted by Crippen LogP contribution is 2.09. The molecule has 0 aromatic carbocycles. The summed E-state index contributed by atoms with van der Waals surface area (Å²) < 4.78 is 0. The Hall–Kier alpha value is -1.46. The van der Waals surface area contributed by atoms with E-state index in [1.54, 1.807) is 0 Å². The van der Waals surface area contributed by atoms with E-state index < -0.39 is 0 Å². The first-order valence-electron chi connectivity index (χ1n) is 7.89. The fraction of sp³-hybridized carbons (Fsp3) is 0.625. The zero-order chi connectivity index (χ0) is 14.9. The van der Waals surface area contributed by atoms with Gasteiger partial charge in [-0.2, -0.15) is 0 Å². The van der Waals surface area contributed by atoms with Gasteiger partial charge in [-0.25, -0.2) is 0 Å². The first-order chi connectivity index (χ1) is 10.3. The van der Waals surface area contributed by atoms with Gasteiger partial charge in [-0.05, 0) is 31.5 Å². The number of amides is 1. The largest absolute Gasteiger partial charge is 0.340 e. The molecule has 0 bridgehead atoms. The van der Waals surface area contributed by atoms with Crippen molar-refractivity contribution in [3.63, 3.8) is 0 Å². The van der Waals surface area contributed by atoms with E-state index in [1.807, 2.05) is 23.2 Å². The quantitative estimate of drug-likeness (QED) is 0.768. The summed E-state index contributed by atoms with van der Waals surface area (Å²) >= 11 is 0. The molecular formula is C16H26N4O. The molecule has 5 heteroatoms. The molecule has 0 unspecified atom stereocenters. The lowest BCUT2D eigenvalue weighted by Gasteiger charge is -2.34. The second-order valence-corrected chi connectivity index (χ2v) is 5.58.